The number of piperidine rings is 1. The highest BCUT2D eigenvalue weighted by molar-refractivity contribution is 5.87. The second-order valence-corrected chi connectivity index (χ2v) is 8.97. The van der Waals surface area contributed by atoms with E-state index in [1.165, 1.54) is 25.0 Å². The number of hydrogen-bond acceptors (Lipinski definition) is 4. The molecule has 0 unspecified atom stereocenters. The molecule has 1 saturated carbocycles. The number of nitrogens with zero attached hydrogens (tertiary/aromatic N) is 1. The number of ether oxygens (including phenoxy) is 1. The first-order valence-electron chi connectivity index (χ1n) is 11.1. The SMILES string of the molecule is C[C@H](NC(=O)[C@H]1CC2(CCN1CCOc1ccc(F)cc1)CC2)c1ccc(C(=O)O)cc1. The van der Waals surface area contributed by atoms with Gasteiger partial charge in [0.25, 0.3) is 0 Å². The summed E-state index contributed by atoms with van der Waals surface area (Å²) in [5.41, 5.74) is 1.40. The van der Waals surface area contributed by atoms with Gasteiger partial charge < -0.3 is 15.2 Å². The van der Waals surface area contributed by atoms with Gasteiger partial charge in [-0.1, -0.05) is 12.1 Å². The Bertz CT molecular complexity index is 957. The van der Waals surface area contributed by atoms with E-state index >= 15 is 0 Å². The predicted octanol–water partition coefficient (Wildman–Crippen LogP) is 4.02. The van der Waals surface area contributed by atoms with Crippen LogP contribution in [-0.4, -0.2) is 47.6 Å². The molecule has 6 nitrogen and oxygen atoms in total. The van der Waals surface area contributed by atoms with Crippen molar-refractivity contribution in [3.63, 3.8) is 0 Å². The molecule has 7 heteroatoms. The van der Waals surface area contributed by atoms with E-state index in [1.54, 1.807) is 36.4 Å². The highest BCUT2D eigenvalue weighted by atomic mass is 19.1. The van der Waals surface area contributed by atoms with Crippen LogP contribution >= 0.6 is 0 Å². The minimum Gasteiger partial charge on any atom is -0.492 e. The summed E-state index contributed by atoms with van der Waals surface area (Å²) in [6.45, 7) is 3.81. The van der Waals surface area contributed by atoms with E-state index in [2.05, 4.69) is 10.2 Å². The Morgan fingerprint density at radius 2 is 1.84 bits per heavy atom. The molecule has 1 saturated heterocycles. The second kappa shape index (κ2) is 9.28. The average molecular weight is 441 g/mol. The molecular weight excluding hydrogens is 411 g/mol. The number of carboxylic acid groups (broad SMARTS) is 1. The maximum absolute atomic E-state index is 13.2. The summed E-state index contributed by atoms with van der Waals surface area (Å²) in [6, 6.07) is 12.1. The lowest BCUT2D eigenvalue weighted by atomic mass is 9.87. The molecule has 32 heavy (non-hydrogen) atoms. The third-order valence-corrected chi connectivity index (χ3v) is 6.73. The maximum atomic E-state index is 13.2. The Hall–Kier alpha value is -2.93. The van der Waals surface area contributed by atoms with Crippen molar-refractivity contribution < 1.29 is 23.8 Å². The first-order valence-corrected chi connectivity index (χ1v) is 11.1. The van der Waals surface area contributed by atoms with Gasteiger partial charge in [-0.2, -0.15) is 0 Å². The van der Waals surface area contributed by atoms with Crippen LogP contribution in [-0.2, 0) is 4.79 Å². The number of halogens is 1. The number of aromatic carboxylic acids is 1. The van der Waals surface area contributed by atoms with Crippen molar-refractivity contribution in [2.45, 2.75) is 44.7 Å². The van der Waals surface area contributed by atoms with Gasteiger partial charge in [0, 0.05) is 6.54 Å². The number of carbonyl (C=O) groups is 2. The molecule has 1 aliphatic heterocycles. The molecule has 170 valence electrons. The molecule has 2 aromatic carbocycles. The van der Waals surface area contributed by atoms with Gasteiger partial charge in [-0.25, -0.2) is 9.18 Å². The molecule has 1 heterocycles. The first kappa shape index (κ1) is 22.3. The third-order valence-electron chi connectivity index (χ3n) is 6.73. The minimum atomic E-state index is -0.969. The van der Waals surface area contributed by atoms with Crippen molar-refractivity contribution >= 4 is 11.9 Å². The van der Waals surface area contributed by atoms with Crippen LogP contribution in [0, 0.1) is 11.2 Å². The lowest BCUT2D eigenvalue weighted by molar-refractivity contribution is -0.129. The number of carbonyl (C=O) groups excluding carboxylic acids is 1. The molecule has 2 aromatic rings. The molecule has 2 N–H and O–H groups in total. The van der Waals surface area contributed by atoms with Gasteiger partial charge in [0.05, 0.1) is 17.6 Å². The van der Waals surface area contributed by atoms with Crippen molar-refractivity contribution in [3.05, 3.63) is 65.5 Å². The summed E-state index contributed by atoms with van der Waals surface area (Å²) in [4.78, 5) is 26.5. The van der Waals surface area contributed by atoms with Crippen molar-refractivity contribution in [2.75, 3.05) is 19.7 Å². The van der Waals surface area contributed by atoms with Gasteiger partial charge in [-0.3, -0.25) is 9.69 Å². The molecule has 2 fully saturated rings. The normalized spacial score (nSPS) is 20.5. The molecule has 0 bridgehead atoms. The topological polar surface area (TPSA) is 78.9 Å². The molecule has 2 aliphatic rings. The summed E-state index contributed by atoms with van der Waals surface area (Å²) in [5, 5.41) is 12.2. The van der Waals surface area contributed by atoms with Crippen molar-refractivity contribution in [1.82, 2.24) is 10.2 Å². The van der Waals surface area contributed by atoms with Crippen LogP contribution in [0.5, 0.6) is 5.75 Å². The van der Waals surface area contributed by atoms with Gasteiger partial charge in [0.15, 0.2) is 0 Å². The fourth-order valence-corrected chi connectivity index (χ4v) is 4.45. The van der Waals surface area contributed by atoms with Crippen molar-refractivity contribution in [2.24, 2.45) is 5.41 Å². The number of carboxylic acids is 1. The summed E-state index contributed by atoms with van der Waals surface area (Å²) in [7, 11) is 0. The fraction of sp³-hybridized carbons (Fsp3) is 0.440. The molecule has 0 aromatic heterocycles. The quantitative estimate of drug-likeness (QED) is 0.648. The van der Waals surface area contributed by atoms with E-state index in [9.17, 15) is 14.0 Å². The Balaban J connectivity index is 1.36. The van der Waals surface area contributed by atoms with Gasteiger partial charge in [-0.15, -0.1) is 0 Å². The number of likely N-dealkylation sites (tertiary alicyclic amines) is 1. The third kappa shape index (κ3) is 5.27. The molecule has 1 amide bonds. The fourth-order valence-electron chi connectivity index (χ4n) is 4.45. The Kier molecular flexibility index (Phi) is 6.46. The smallest absolute Gasteiger partial charge is 0.335 e. The van der Waals surface area contributed by atoms with Crippen LogP contribution in [0.4, 0.5) is 4.39 Å². The van der Waals surface area contributed by atoms with E-state index in [0.717, 1.165) is 24.9 Å². The molecule has 4 rings (SSSR count). The van der Waals surface area contributed by atoms with Gasteiger partial charge in [0.1, 0.15) is 18.2 Å². The zero-order valence-electron chi connectivity index (χ0n) is 18.2. The van der Waals surface area contributed by atoms with Gasteiger partial charge in [-0.05, 0) is 86.5 Å². The van der Waals surface area contributed by atoms with Gasteiger partial charge in [0.2, 0.25) is 5.91 Å². The number of benzene rings is 2. The van der Waals surface area contributed by atoms with Gasteiger partial charge >= 0.3 is 5.97 Å². The molecule has 1 aliphatic carbocycles. The highest BCUT2D eigenvalue weighted by Crippen LogP contribution is 2.55. The average Bonchev–Trinajstić information content (AvgIpc) is 3.54. The van der Waals surface area contributed by atoms with Crippen LogP contribution in [0.1, 0.15) is 54.6 Å². The van der Waals surface area contributed by atoms with E-state index < -0.39 is 5.97 Å². The maximum Gasteiger partial charge on any atom is 0.335 e. The molecule has 0 radical (unpaired) electrons. The number of amides is 1. The Morgan fingerprint density at radius 1 is 1.16 bits per heavy atom. The van der Waals surface area contributed by atoms with Crippen LogP contribution in [0.3, 0.4) is 0 Å². The van der Waals surface area contributed by atoms with Crippen LogP contribution in [0.15, 0.2) is 48.5 Å². The molecule has 1 spiro atoms. The second-order valence-electron chi connectivity index (χ2n) is 8.97. The van der Waals surface area contributed by atoms with Crippen LogP contribution in [0.25, 0.3) is 0 Å². The van der Waals surface area contributed by atoms with E-state index in [1.807, 2.05) is 6.92 Å². The minimum absolute atomic E-state index is 0.00688. The Labute approximate surface area is 187 Å². The number of rotatable bonds is 8. The number of hydrogen-bond donors (Lipinski definition) is 2. The summed E-state index contributed by atoms with van der Waals surface area (Å²) < 4.78 is 18.8. The summed E-state index contributed by atoms with van der Waals surface area (Å²) in [5.74, 6) is -0.663. The highest BCUT2D eigenvalue weighted by Gasteiger charge is 2.49. The number of nitrogens with one attached hydrogen (secondary N) is 1. The zero-order valence-corrected chi connectivity index (χ0v) is 18.2. The lowest BCUT2D eigenvalue weighted by Gasteiger charge is -2.39. The van der Waals surface area contributed by atoms with E-state index in [-0.39, 0.29) is 29.4 Å². The van der Waals surface area contributed by atoms with Crippen molar-refractivity contribution in [3.8, 4) is 5.75 Å². The summed E-state index contributed by atoms with van der Waals surface area (Å²) in [6.07, 6.45) is 4.31. The first-order chi connectivity index (χ1) is 15.3. The predicted molar refractivity (Wildman–Crippen MR) is 118 cm³/mol. The monoisotopic (exact) mass is 440 g/mol. The largest absolute Gasteiger partial charge is 0.492 e. The lowest BCUT2D eigenvalue weighted by Crippen LogP contribution is -2.53. The van der Waals surface area contributed by atoms with Crippen LogP contribution < -0.4 is 10.1 Å². The summed E-state index contributed by atoms with van der Waals surface area (Å²) >= 11 is 0. The van der Waals surface area contributed by atoms with Crippen molar-refractivity contribution in [1.29, 1.82) is 0 Å². The Morgan fingerprint density at radius 3 is 2.47 bits per heavy atom. The standard InChI is InChI=1S/C25H29FN2O4/c1-17(18-2-4-19(5-3-18)24(30)31)27-23(29)22-16-25(10-11-25)12-13-28(22)14-15-32-21-8-6-20(26)7-9-21/h2-9,17,22H,10-16H2,1H3,(H,27,29)(H,30,31)/t17-,22+/m0/s1. The van der Waals surface area contributed by atoms with E-state index in [4.69, 9.17) is 9.84 Å². The van der Waals surface area contributed by atoms with Crippen LogP contribution in [0.2, 0.25) is 0 Å². The molecule has 2 atom stereocenters. The molecular formula is C25H29FN2O4. The zero-order chi connectivity index (χ0) is 22.7. The van der Waals surface area contributed by atoms with E-state index in [0.29, 0.717) is 24.3 Å².